The molecule has 7 rings (SSSR count). The fraction of sp³-hybridized carbons (Fsp3) is 0.414. The minimum Gasteiger partial charge on any atom is -0.423 e. The van der Waals surface area contributed by atoms with Crippen LogP contribution in [-0.4, -0.2) is 47.6 Å². The number of nitrogens with one attached hydrogen (secondary N) is 1. The lowest BCUT2D eigenvalue weighted by molar-refractivity contribution is 0.100. The van der Waals surface area contributed by atoms with E-state index in [2.05, 4.69) is 33.3 Å². The Morgan fingerprint density at radius 3 is 2.78 bits per heavy atom. The summed E-state index contributed by atoms with van der Waals surface area (Å²) >= 11 is 0. The molecule has 2 bridgehead atoms. The first-order chi connectivity index (χ1) is 18.1. The number of primary amides is 1. The van der Waals surface area contributed by atoms with Crippen LogP contribution in [0.5, 0.6) is 0 Å². The van der Waals surface area contributed by atoms with E-state index >= 15 is 0 Å². The number of piperazine rings is 1. The van der Waals surface area contributed by atoms with Gasteiger partial charge in [-0.15, -0.1) is 0 Å². The number of carbonyl (C=O) groups is 1. The number of rotatable bonds is 4. The summed E-state index contributed by atoms with van der Waals surface area (Å²) in [5.41, 5.74) is 8.65. The van der Waals surface area contributed by atoms with Crippen LogP contribution in [0.15, 0.2) is 59.1 Å². The highest BCUT2D eigenvalue weighted by Crippen LogP contribution is 2.48. The van der Waals surface area contributed by atoms with Gasteiger partial charge in [-0.2, -0.15) is 5.26 Å². The maximum absolute atomic E-state index is 11.7. The number of oxazole rings is 1. The van der Waals surface area contributed by atoms with E-state index in [-0.39, 0.29) is 0 Å². The minimum absolute atomic E-state index is 0.322. The van der Waals surface area contributed by atoms with E-state index in [1.165, 1.54) is 18.5 Å². The molecule has 4 fully saturated rings. The number of nitrogens with zero attached hydrogens (tertiary/aromatic N) is 4. The smallest absolute Gasteiger partial charge is 0.298 e. The molecule has 37 heavy (non-hydrogen) atoms. The molecule has 0 radical (unpaired) electrons. The van der Waals surface area contributed by atoms with Crippen molar-refractivity contribution in [1.29, 1.82) is 5.26 Å². The SMILES string of the molecule is N#Cc1ccc(N2C[C@H]3C[C@@H]2[C@H]2N[C@@H]4CCCCC4N(c4ncc(-c5cccc(C(N)=O)c5)o4)C32)cc1. The number of anilines is 2. The molecular weight excluding hydrogens is 464 g/mol. The maximum atomic E-state index is 11.7. The fourth-order valence-corrected chi connectivity index (χ4v) is 7.36. The van der Waals surface area contributed by atoms with Gasteiger partial charge in [0.2, 0.25) is 5.91 Å². The monoisotopic (exact) mass is 494 g/mol. The van der Waals surface area contributed by atoms with Gasteiger partial charge in [0.1, 0.15) is 0 Å². The Hall–Kier alpha value is -3.83. The molecule has 3 heterocycles. The second-order valence-corrected chi connectivity index (χ2v) is 10.9. The van der Waals surface area contributed by atoms with Crippen molar-refractivity contribution in [1.82, 2.24) is 10.3 Å². The number of hydrogen-bond acceptors (Lipinski definition) is 7. The first-order valence-corrected chi connectivity index (χ1v) is 13.3. The number of fused-ring (bicyclic) bond motifs is 6. The van der Waals surface area contributed by atoms with Crippen molar-refractivity contribution >= 4 is 17.6 Å². The van der Waals surface area contributed by atoms with Gasteiger partial charge in [-0.1, -0.05) is 25.0 Å². The van der Waals surface area contributed by atoms with Crippen molar-refractivity contribution in [2.45, 2.75) is 62.3 Å². The average Bonchev–Trinajstić information content (AvgIpc) is 3.68. The van der Waals surface area contributed by atoms with Crippen LogP contribution >= 0.6 is 0 Å². The molecule has 3 N–H and O–H groups in total. The lowest BCUT2D eigenvalue weighted by Gasteiger charge is -2.55. The third-order valence-electron chi connectivity index (χ3n) is 8.93. The number of benzene rings is 2. The standard InChI is InChI=1S/C29H30N6O2/c30-14-17-8-10-21(11-9-17)34-16-20-13-24(34)26-27(20)35(23-7-2-1-6-22(23)33-26)29-32-15-25(37-29)18-4-3-5-19(12-18)28(31)36/h3-5,8-12,15,20,22-24,26-27,33H,1-2,6-7,13,16H2,(H2,31,36)/t20-,22-,23?,24-,26-,27?/m1/s1. The van der Waals surface area contributed by atoms with E-state index in [9.17, 15) is 10.1 Å². The van der Waals surface area contributed by atoms with Crippen molar-refractivity contribution in [3.05, 3.63) is 65.9 Å². The highest BCUT2D eigenvalue weighted by atomic mass is 16.4. The topological polar surface area (TPSA) is 111 Å². The zero-order valence-corrected chi connectivity index (χ0v) is 20.6. The van der Waals surface area contributed by atoms with Crippen molar-refractivity contribution in [2.24, 2.45) is 11.7 Å². The van der Waals surface area contributed by atoms with Crippen LogP contribution in [-0.2, 0) is 0 Å². The van der Waals surface area contributed by atoms with E-state index in [1.54, 1.807) is 18.3 Å². The average molecular weight is 495 g/mol. The van der Waals surface area contributed by atoms with Gasteiger partial charge in [0.05, 0.1) is 23.9 Å². The van der Waals surface area contributed by atoms with Gasteiger partial charge in [0.15, 0.2) is 5.76 Å². The summed E-state index contributed by atoms with van der Waals surface area (Å²) in [6, 6.07) is 19.9. The second kappa shape index (κ2) is 8.63. The van der Waals surface area contributed by atoms with E-state index in [4.69, 9.17) is 15.1 Å². The Morgan fingerprint density at radius 1 is 1.14 bits per heavy atom. The predicted molar refractivity (Wildman–Crippen MR) is 140 cm³/mol. The third-order valence-corrected chi connectivity index (χ3v) is 8.93. The summed E-state index contributed by atoms with van der Waals surface area (Å²) in [4.78, 5) is 21.5. The van der Waals surface area contributed by atoms with Gasteiger partial charge >= 0.3 is 0 Å². The molecule has 8 nitrogen and oxygen atoms in total. The Bertz CT molecular complexity index is 1380. The van der Waals surface area contributed by atoms with Crippen molar-refractivity contribution in [3.8, 4) is 17.4 Å². The molecule has 2 aliphatic carbocycles. The highest BCUT2D eigenvalue weighted by molar-refractivity contribution is 5.93. The molecular formula is C29H30N6O2. The fourth-order valence-electron chi connectivity index (χ4n) is 7.36. The number of hydrogen-bond donors (Lipinski definition) is 2. The van der Waals surface area contributed by atoms with Gasteiger partial charge in [-0.25, -0.2) is 4.98 Å². The molecule has 2 aromatic carbocycles. The highest BCUT2D eigenvalue weighted by Gasteiger charge is 2.59. The Balaban J connectivity index is 1.21. The van der Waals surface area contributed by atoms with E-state index in [0.717, 1.165) is 31.4 Å². The van der Waals surface area contributed by atoms with Crippen LogP contribution in [0, 0.1) is 17.2 Å². The third kappa shape index (κ3) is 3.60. The summed E-state index contributed by atoms with van der Waals surface area (Å²) in [6.07, 6.45) is 7.66. The summed E-state index contributed by atoms with van der Waals surface area (Å²) in [6.45, 7) is 0.988. The Labute approximate surface area is 216 Å². The second-order valence-electron chi connectivity index (χ2n) is 10.9. The molecule has 0 spiro atoms. The summed E-state index contributed by atoms with van der Waals surface area (Å²) < 4.78 is 6.44. The zero-order chi connectivity index (χ0) is 25.1. The lowest BCUT2D eigenvalue weighted by Crippen LogP contribution is -2.73. The number of amides is 1. The summed E-state index contributed by atoms with van der Waals surface area (Å²) in [5.74, 6) is 0.697. The van der Waals surface area contributed by atoms with Gasteiger partial charge in [-0.3, -0.25) is 4.79 Å². The van der Waals surface area contributed by atoms with Crippen molar-refractivity contribution in [3.63, 3.8) is 0 Å². The summed E-state index contributed by atoms with van der Waals surface area (Å²) in [7, 11) is 0. The number of nitrogens with two attached hydrogens (primary N) is 1. The Morgan fingerprint density at radius 2 is 1.97 bits per heavy atom. The van der Waals surface area contributed by atoms with E-state index in [1.807, 2.05) is 24.3 Å². The quantitative estimate of drug-likeness (QED) is 0.569. The number of nitriles is 1. The number of carbonyl (C=O) groups excluding carboxylic acids is 1. The molecule has 2 saturated carbocycles. The number of piperidine rings is 1. The first-order valence-electron chi connectivity index (χ1n) is 13.3. The molecule has 8 heteroatoms. The molecule has 3 aromatic rings. The van der Waals surface area contributed by atoms with Gasteiger partial charge in [0, 0.05) is 53.4 Å². The molecule has 4 aliphatic rings. The van der Waals surface area contributed by atoms with E-state index in [0.29, 0.717) is 59.0 Å². The molecule has 2 aliphatic heterocycles. The lowest BCUT2D eigenvalue weighted by atomic mass is 9.82. The van der Waals surface area contributed by atoms with Crippen LogP contribution < -0.4 is 20.9 Å². The van der Waals surface area contributed by atoms with E-state index < -0.39 is 5.91 Å². The molecule has 188 valence electrons. The van der Waals surface area contributed by atoms with Crippen molar-refractivity contribution < 1.29 is 9.21 Å². The maximum Gasteiger partial charge on any atom is 0.298 e. The van der Waals surface area contributed by atoms with Gasteiger partial charge < -0.3 is 25.3 Å². The minimum atomic E-state index is -0.453. The summed E-state index contributed by atoms with van der Waals surface area (Å²) in [5, 5.41) is 13.3. The van der Waals surface area contributed by atoms with Crippen LogP contribution in [0.2, 0.25) is 0 Å². The molecule has 2 saturated heterocycles. The largest absolute Gasteiger partial charge is 0.423 e. The molecule has 1 aromatic heterocycles. The van der Waals surface area contributed by atoms with Crippen LogP contribution in [0.25, 0.3) is 11.3 Å². The van der Waals surface area contributed by atoms with Crippen molar-refractivity contribution in [2.75, 3.05) is 16.3 Å². The zero-order valence-electron chi connectivity index (χ0n) is 20.6. The van der Waals surface area contributed by atoms with Gasteiger partial charge in [0.25, 0.3) is 6.01 Å². The normalized spacial score (nSPS) is 30.0. The number of aromatic nitrogens is 1. The predicted octanol–water partition coefficient (Wildman–Crippen LogP) is 3.68. The molecule has 2 unspecified atom stereocenters. The Kier molecular flexibility index (Phi) is 5.22. The van der Waals surface area contributed by atoms with Crippen LogP contribution in [0.3, 0.4) is 0 Å². The van der Waals surface area contributed by atoms with Crippen LogP contribution in [0.4, 0.5) is 11.7 Å². The first kappa shape index (κ1) is 22.4. The van der Waals surface area contributed by atoms with Gasteiger partial charge in [-0.05, 0) is 55.7 Å². The van der Waals surface area contributed by atoms with Crippen LogP contribution in [0.1, 0.15) is 48.0 Å². The molecule has 1 amide bonds. The molecule has 6 atom stereocenters.